The van der Waals surface area contributed by atoms with Crippen LogP contribution >= 0.6 is 12.4 Å². The summed E-state index contributed by atoms with van der Waals surface area (Å²) in [6.45, 7) is 3.39. The van der Waals surface area contributed by atoms with Crippen LogP contribution < -0.4 is 5.73 Å². The fourth-order valence-electron chi connectivity index (χ4n) is 1.61. The Morgan fingerprint density at radius 3 is 2.38 bits per heavy atom. The predicted octanol–water partition coefficient (Wildman–Crippen LogP) is 1.60. The predicted molar refractivity (Wildman–Crippen MR) is 55.1 cm³/mol. The van der Waals surface area contributed by atoms with Crippen LogP contribution in [0.5, 0.6) is 0 Å². The molecule has 1 aromatic rings. The Bertz CT molecular complexity index is 297. The Balaban J connectivity index is 0.000000845. The maximum Gasteiger partial charge on any atom is 0.0886 e. The van der Waals surface area contributed by atoms with E-state index in [0.29, 0.717) is 13.2 Å². The van der Waals surface area contributed by atoms with Crippen LogP contribution in [-0.4, -0.2) is 13.2 Å². The van der Waals surface area contributed by atoms with Crippen molar-refractivity contribution in [2.24, 2.45) is 5.73 Å². The number of hydrogen-bond donors (Lipinski definition) is 1. The lowest BCUT2D eigenvalue weighted by molar-refractivity contribution is -0.0572. The number of ether oxygens (including phenoxy) is 1. The van der Waals surface area contributed by atoms with E-state index in [1.54, 1.807) is 0 Å². The number of rotatable bonds is 1. The number of aryl methyl sites for hydroxylation is 1. The van der Waals surface area contributed by atoms with E-state index in [4.69, 9.17) is 10.5 Å². The third kappa shape index (κ3) is 1.70. The minimum Gasteiger partial charge on any atom is -0.377 e. The maximum atomic E-state index is 6.10. The van der Waals surface area contributed by atoms with Crippen molar-refractivity contribution < 1.29 is 4.74 Å². The molecule has 0 unspecified atom stereocenters. The van der Waals surface area contributed by atoms with Gasteiger partial charge in [0.2, 0.25) is 0 Å². The lowest BCUT2D eigenvalue weighted by atomic mass is 9.86. The van der Waals surface area contributed by atoms with Crippen molar-refractivity contribution >= 4 is 12.4 Å². The molecule has 0 spiro atoms. The molecule has 1 aromatic carbocycles. The van der Waals surface area contributed by atoms with Gasteiger partial charge in [-0.3, -0.25) is 0 Å². The first-order valence-electron chi connectivity index (χ1n) is 4.15. The minimum atomic E-state index is -0.217. The first-order chi connectivity index (χ1) is 5.72. The monoisotopic (exact) mass is 199 g/mol. The van der Waals surface area contributed by atoms with Gasteiger partial charge in [0.1, 0.15) is 0 Å². The largest absolute Gasteiger partial charge is 0.377 e. The van der Waals surface area contributed by atoms with E-state index in [0.717, 1.165) is 0 Å². The average molecular weight is 200 g/mol. The van der Waals surface area contributed by atoms with Crippen LogP contribution in [0.15, 0.2) is 24.3 Å². The Kier molecular flexibility index (Phi) is 2.96. The van der Waals surface area contributed by atoms with Gasteiger partial charge in [0.25, 0.3) is 0 Å². The number of nitrogens with two attached hydrogens (primary N) is 1. The molecule has 1 saturated heterocycles. The first kappa shape index (κ1) is 10.5. The molecule has 0 atom stereocenters. The number of hydrogen-bond acceptors (Lipinski definition) is 2. The summed E-state index contributed by atoms with van der Waals surface area (Å²) in [5, 5.41) is 0. The Labute approximate surface area is 84.5 Å². The van der Waals surface area contributed by atoms with Crippen LogP contribution in [-0.2, 0) is 10.3 Å². The summed E-state index contributed by atoms with van der Waals surface area (Å²) in [5.41, 5.74) is 8.35. The molecule has 72 valence electrons. The molecule has 2 rings (SSSR count). The number of halogens is 1. The lowest BCUT2D eigenvalue weighted by Gasteiger charge is -2.39. The van der Waals surface area contributed by atoms with Crippen LogP contribution in [0.3, 0.4) is 0 Å². The molecule has 0 saturated carbocycles. The van der Waals surface area contributed by atoms with Crippen LogP contribution in [0.25, 0.3) is 0 Å². The summed E-state index contributed by atoms with van der Waals surface area (Å²) < 4.78 is 5.12. The lowest BCUT2D eigenvalue weighted by Crippen LogP contribution is -2.54. The van der Waals surface area contributed by atoms with Gasteiger partial charge in [0, 0.05) is 0 Å². The van der Waals surface area contributed by atoms with Gasteiger partial charge in [-0.25, -0.2) is 0 Å². The second-order valence-corrected chi connectivity index (χ2v) is 3.46. The SMILES string of the molecule is Cc1ccccc1C1(N)COC1.Cl. The van der Waals surface area contributed by atoms with Crippen LogP contribution in [0, 0.1) is 6.92 Å². The highest BCUT2D eigenvalue weighted by Gasteiger charge is 2.36. The van der Waals surface area contributed by atoms with Gasteiger partial charge in [-0.2, -0.15) is 0 Å². The highest BCUT2D eigenvalue weighted by Crippen LogP contribution is 2.28. The molecular formula is C10H14ClNO. The fraction of sp³-hybridized carbons (Fsp3) is 0.400. The van der Waals surface area contributed by atoms with Crippen molar-refractivity contribution in [3.63, 3.8) is 0 Å². The number of benzene rings is 1. The summed E-state index contributed by atoms with van der Waals surface area (Å²) in [7, 11) is 0. The first-order valence-corrected chi connectivity index (χ1v) is 4.15. The fourth-order valence-corrected chi connectivity index (χ4v) is 1.61. The molecule has 0 aromatic heterocycles. The average Bonchev–Trinajstić information content (AvgIpc) is 2.01. The molecule has 1 heterocycles. The van der Waals surface area contributed by atoms with E-state index >= 15 is 0 Å². The van der Waals surface area contributed by atoms with E-state index in [1.165, 1.54) is 11.1 Å². The van der Waals surface area contributed by atoms with Crippen molar-refractivity contribution in [1.29, 1.82) is 0 Å². The molecule has 0 amide bonds. The van der Waals surface area contributed by atoms with E-state index < -0.39 is 0 Å². The van der Waals surface area contributed by atoms with Crippen LogP contribution in [0.1, 0.15) is 11.1 Å². The van der Waals surface area contributed by atoms with Crippen LogP contribution in [0.2, 0.25) is 0 Å². The summed E-state index contributed by atoms with van der Waals surface area (Å²) in [5.74, 6) is 0. The normalized spacial score (nSPS) is 18.6. The molecule has 2 N–H and O–H groups in total. The minimum absolute atomic E-state index is 0. The van der Waals surface area contributed by atoms with Gasteiger partial charge in [0.05, 0.1) is 18.8 Å². The summed E-state index contributed by atoms with van der Waals surface area (Å²) in [6.07, 6.45) is 0. The highest BCUT2D eigenvalue weighted by atomic mass is 35.5. The third-order valence-corrected chi connectivity index (χ3v) is 2.40. The molecule has 3 heteroatoms. The molecule has 0 radical (unpaired) electrons. The molecular weight excluding hydrogens is 186 g/mol. The zero-order chi connectivity index (χ0) is 8.60. The molecule has 0 bridgehead atoms. The maximum absolute atomic E-state index is 6.10. The van der Waals surface area contributed by atoms with Gasteiger partial charge in [-0.05, 0) is 18.1 Å². The van der Waals surface area contributed by atoms with Gasteiger partial charge in [0.15, 0.2) is 0 Å². The van der Waals surface area contributed by atoms with E-state index in [2.05, 4.69) is 19.1 Å². The van der Waals surface area contributed by atoms with E-state index in [9.17, 15) is 0 Å². The second kappa shape index (κ2) is 3.66. The van der Waals surface area contributed by atoms with Crippen molar-refractivity contribution in [2.45, 2.75) is 12.5 Å². The van der Waals surface area contributed by atoms with Gasteiger partial charge in [-0.1, -0.05) is 24.3 Å². The topological polar surface area (TPSA) is 35.2 Å². The third-order valence-electron chi connectivity index (χ3n) is 2.40. The van der Waals surface area contributed by atoms with Gasteiger partial charge in [-0.15, -0.1) is 12.4 Å². The second-order valence-electron chi connectivity index (χ2n) is 3.46. The quantitative estimate of drug-likeness (QED) is 0.746. The summed E-state index contributed by atoms with van der Waals surface area (Å²) >= 11 is 0. The van der Waals surface area contributed by atoms with Crippen molar-refractivity contribution in [3.05, 3.63) is 35.4 Å². The zero-order valence-corrected chi connectivity index (χ0v) is 8.43. The molecule has 1 aliphatic rings. The van der Waals surface area contributed by atoms with Crippen LogP contribution in [0.4, 0.5) is 0 Å². The van der Waals surface area contributed by atoms with Gasteiger partial charge >= 0.3 is 0 Å². The van der Waals surface area contributed by atoms with E-state index in [1.807, 2.05) is 12.1 Å². The van der Waals surface area contributed by atoms with Gasteiger partial charge < -0.3 is 10.5 Å². The Hall–Kier alpha value is -0.570. The Morgan fingerprint density at radius 2 is 1.92 bits per heavy atom. The van der Waals surface area contributed by atoms with Crippen molar-refractivity contribution in [1.82, 2.24) is 0 Å². The summed E-state index contributed by atoms with van der Waals surface area (Å²) in [6, 6.07) is 8.22. The van der Waals surface area contributed by atoms with E-state index in [-0.39, 0.29) is 17.9 Å². The smallest absolute Gasteiger partial charge is 0.0886 e. The highest BCUT2D eigenvalue weighted by molar-refractivity contribution is 5.85. The molecule has 13 heavy (non-hydrogen) atoms. The standard InChI is InChI=1S/C10H13NO.ClH/c1-8-4-2-3-5-9(8)10(11)6-12-7-10;/h2-5H,6-7,11H2,1H3;1H. The molecule has 1 aliphatic heterocycles. The zero-order valence-electron chi connectivity index (χ0n) is 7.62. The molecule has 1 fully saturated rings. The van der Waals surface area contributed by atoms with Crippen molar-refractivity contribution in [3.8, 4) is 0 Å². The summed E-state index contributed by atoms with van der Waals surface area (Å²) in [4.78, 5) is 0. The van der Waals surface area contributed by atoms with Crippen molar-refractivity contribution in [2.75, 3.05) is 13.2 Å². The molecule has 0 aliphatic carbocycles. The Morgan fingerprint density at radius 1 is 1.31 bits per heavy atom. The molecule has 2 nitrogen and oxygen atoms in total.